The van der Waals surface area contributed by atoms with Crippen LogP contribution in [0.25, 0.3) is 5.57 Å². The van der Waals surface area contributed by atoms with Crippen molar-refractivity contribution in [2.75, 3.05) is 13.2 Å². The summed E-state index contributed by atoms with van der Waals surface area (Å²) in [5, 5.41) is 43.8. The van der Waals surface area contributed by atoms with Gasteiger partial charge in [-0.05, 0) is 65.0 Å². The summed E-state index contributed by atoms with van der Waals surface area (Å²) in [6, 6.07) is 5.59. The number of allylic oxidation sites excluding steroid dienone is 4. The Labute approximate surface area is 224 Å². The highest BCUT2D eigenvalue weighted by Crippen LogP contribution is 2.49. The Bertz CT molecular complexity index is 1290. The molecule has 7 heteroatoms. The molecule has 0 heterocycles. The molecule has 0 saturated carbocycles. The highest BCUT2D eigenvalue weighted by atomic mass is 16.5. The van der Waals surface area contributed by atoms with E-state index in [2.05, 4.69) is 19.6 Å². The van der Waals surface area contributed by atoms with E-state index in [-0.39, 0.29) is 64.9 Å². The molecule has 0 aliphatic heterocycles. The van der Waals surface area contributed by atoms with Crippen molar-refractivity contribution in [2.24, 2.45) is 5.92 Å². The van der Waals surface area contributed by atoms with Crippen molar-refractivity contribution in [3.05, 3.63) is 76.1 Å². The second-order valence-corrected chi connectivity index (χ2v) is 9.62. The summed E-state index contributed by atoms with van der Waals surface area (Å²) in [5.74, 6) is -0.925. The lowest BCUT2D eigenvalue weighted by molar-refractivity contribution is 0.0955. The molecule has 7 nitrogen and oxygen atoms in total. The zero-order valence-electron chi connectivity index (χ0n) is 22.8. The Morgan fingerprint density at radius 2 is 1.71 bits per heavy atom. The van der Waals surface area contributed by atoms with Gasteiger partial charge in [-0.3, -0.25) is 4.79 Å². The molecule has 0 saturated heterocycles. The number of carbonyl (C=O) groups is 1. The van der Waals surface area contributed by atoms with Gasteiger partial charge in [0, 0.05) is 34.4 Å². The van der Waals surface area contributed by atoms with Crippen LogP contribution >= 0.6 is 0 Å². The summed E-state index contributed by atoms with van der Waals surface area (Å²) in [6.45, 7) is 14.1. The molecule has 1 aliphatic rings. The maximum absolute atomic E-state index is 13.6. The number of aliphatic hydroxyl groups is 2. The first-order chi connectivity index (χ1) is 18.0. The summed E-state index contributed by atoms with van der Waals surface area (Å²) >= 11 is 0. The normalized spacial score (nSPS) is 16.3. The van der Waals surface area contributed by atoms with Crippen LogP contribution in [-0.2, 0) is 6.42 Å². The number of aromatic hydroxyl groups is 2. The van der Waals surface area contributed by atoms with Gasteiger partial charge in [-0.15, -0.1) is 0 Å². The molecule has 0 aromatic heterocycles. The average molecular weight is 523 g/mol. The molecule has 2 aromatic rings. The van der Waals surface area contributed by atoms with Gasteiger partial charge >= 0.3 is 0 Å². The van der Waals surface area contributed by atoms with Gasteiger partial charge < -0.3 is 29.9 Å². The second-order valence-electron chi connectivity index (χ2n) is 9.62. The molecule has 0 fully saturated rings. The summed E-state index contributed by atoms with van der Waals surface area (Å²) in [5.41, 5.74) is 2.83. The zero-order chi connectivity index (χ0) is 28.1. The highest BCUT2D eigenvalue weighted by molar-refractivity contribution is 6.17. The van der Waals surface area contributed by atoms with Crippen LogP contribution in [-0.4, -0.2) is 39.4 Å². The molecule has 1 aliphatic carbocycles. The monoisotopic (exact) mass is 522 g/mol. The van der Waals surface area contributed by atoms with Crippen LogP contribution in [0, 0.1) is 5.92 Å². The van der Waals surface area contributed by atoms with Gasteiger partial charge in [-0.25, -0.2) is 0 Å². The predicted octanol–water partition coefficient (Wildman–Crippen LogP) is 6.58. The van der Waals surface area contributed by atoms with Crippen molar-refractivity contribution in [3.8, 4) is 23.0 Å². The van der Waals surface area contributed by atoms with Crippen LogP contribution < -0.4 is 9.47 Å². The minimum absolute atomic E-state index is 0.0197. The van der Waals surface area contributed by atoms with Gasteiger partial charge in [0.1, 0.15) is 29.1 Å². The summed E-state index contributed by atoms with van der Waals surface area (Å²) in [7, 11) is 0. The lowest BCUT2D eigenvalue weighted by Gasteiger charge is -2.29. The average Bonchev–Trinajstić information content (AvgIpc) is 2.86. The molecule has 4 N–H and O–H groups in total. The predicted molar refractivity (Wildman–Crippen MR) is 148 cm³/mol. The molecule has 0 bridgehead atoms. The van der Waals surface area contributed by atoms with Crippen molar-refractivity contribution >= 4 is 11.4 Å². The number of fused-ring (bicyclic) bond motifs is 1. The van der Waals surface area contributed by atoms with E-state index in [0.717, 1.165) is 24.0 Å². The Balaban J connectivity index is 2.19. The van der Waals surface area contributed by atoms with E-state index < -0.39 is 17.6 Å². The first-order valence-corrected chi connectivity index (χ1v) is 13.0. The summed E-state index contributed by atoms with van der Waals surface area (Å²) in [6.07, 6.45) is 2.64. The van der Waals surface area contributed by atoms with Gasteiger partial charge in [-0.2, -0.15) is 0 Å². The molecule has 3 rings (SSSR count). The molecule has 204 valence electrons. The standard InChI is InChI=1S/C31H38O7/c1-7-19(17(4)5)11-10-18(6)14-22-23(33)16-25(38-9-3)28-26(22)29(34)27(30(35)31(28)36)21-13-12-20(32)15-24(21)37-8-2/h10,12-13,15-16,19,29,32-35H,4,7-9,11,14H2,1-3,5-6H3/t19-,29+/m0/s1. The molecule has 0 unspecified atom stereocenters. The minimum Gasteiger partial charge on any atom is -0.508 e. The Hall–Kier alpha value is -3.71. The van der Waals surface area contributed by atoms with Gasteiger partial charge in [-0.1, -0.05) is 30.7 Å². The number of rotatable bonds is 11. The van der Waals surface area contributed by atoms with Crippen LogP contribution in [0.1, 0.15) is 80.6 Å². The SMILES string of the molecule is C=C(C)[C@@H](CC)CC=C(C)Cc1c(O)cc(OCC)c2c1[C@@H](O)C(c1ccc(O)cc1OCC)=C(O)C2=O. The molecule has 2 atom stereocenters. The molecule has 2 aromatic carbocycles. The van der Waals surface area contributed by atoms with E-state index >= 15 is 0 Å². The van der Waals surface area contributed by atoms with Crippen LogP contribution in [0.2, 0.25) is 0 Å². The van der Waals surface area contributed by atoms with Gasteiger partial charge in [0.15, 0.2) is 5.76 Å². The third-order valence-electron chi connectivity index (χ3n) is 6.91. The van der Waals surface area contributed by atoms with Crippen molar-refractivity contribution in [1.29, 1.82) is 0 Å². The Morgan fingerprint density at radius 3 is 2.32 bits per heavy atom. The van der Waals surface area contributed by atoms with E-state index in [1.165, 1.54) is 24.3 Å². The lowest BCUT2D eigenvalue weighted by Crippen LogP contribution is -2.23. The largest absolute Gasteiger partial charge is 0.508 e. The van der Waals surface area contributed by atoms with Gasteiger partial charge in [0.05, 0.1) is 18.8 Å². The minimum atomic E-state index is -1.47. The number of hydrogen-bond donors (Lipinski definition) is 4. The van der Waals surface area contributed by atoms with E-state index in [9.17, 15) is 25.2 Å². The topological polar surface area (TPSA) is 116 Å². The fourth-order valence-electron chi connectivity index (χ4n) is 4.90. The number of hydrogen-bond acceptors (Lipinski definition) is 7. The summed E-state index contributed by atoms with van der Waals surface area (Å²) in [4.78, 5) is 13.6. The van der Waals surface area contributed by atoms with Crippen LogP contribution in [0.4, 0.5) is 0 Å². The second kappa shape index (κ2) is 12.2. The lowest BCUT2D eigenvalue weighted by atomic mass is 9.79. The molecule has 0 radical (unpaired) electrons. The molecule has 38 heavy (non-hydrogen) atoms. The number of phenolic OH excluding ortho intramolecular Hbond substituents is 2. The quantitative estimate of drug-likeness (QED) is 0.246. The van der Waals surface area contributed by atoms with Crippen molar-refractivity contribution in [1.82, 2.24) is 0 Å². The van der Waals surface area contributed by atoms with Crippen LogP contribution in [0.5, 0.6) is 23.0 Å². The third kappa shape index (κ3) is 5.73. The highest BCUT2D eigenvalue weighted by Gasteiger charge is 2.39. The van der Waals surface area contributed by atoms with E-state index in [1.54, 1.807) is 13.8 Å². The molecular weight excluding hydrogens is 484 g/mol. The smallest absolute Gasteiger partial charge is 0.231 e. The first kappa shape index (κ1) is 28.9. The maximum Gasteiger partial charge on any atom is 0.231 e. The van der Waals surface area contributed by atoms with Crippen LogP contribution in [0.15, 0.2) is 53.8 Å². The number of benzene rings is 2. The third-order valence-corrected chi connectivity index (χ3v) is 6.91. The molecular formula is C31H38O7. The number of ketones is 1. The number of carbonyl (C=O) groups excluding carboxylic acids is 1. The zero-order valence-corrected chi connectivity index (χ0v) is 22.8. The molecule has 0 amide bonds. The number of Topliss-reactive ketones (excluding diaryl/α,β-unsaturated/α-hetero) is 1. The maximum atomic E-state index is 13.6. The van der Waals surface area contributed by atoms with Crippen molar-refractivity contribution < 1.29 is 34.7 Å². The van der Waals surface area contributed by atoms with Gasteiger partial charge in [0.25, 0.3) is 0 Å². The Morgan fingerprint density at radius 1 is 1.05 bits per heavy atom. The van der Waals surface area contributed by atoms with Crippen LogP contribution in [0.3, 0.4) is 0 Å². The Kier molecular flexibility index (Phi) is 9.28. The van der Waals surface area contributed by atoms with E-state index in [4.69, 9.17) is 9.47 Å². The van der Waals surface area contributed by atoms with Crippen molar-refractivity contribution in [2.45, 2.75) is 60.0 Å². The number of ether oxygens (including phenoxy) is 2. The van der Waals surface area contributed by atoms with E-state index in [0.29, 0.717) is 11.5 Å². The van der Waals surface area contributed by atoms with Crippen molar-refractivity contribution in [3.63, 3.8) is 0 Å². The van der Waals surface area contributed by atoms with Gasteiger partial charge in [0.2, 0.25) is 5.78 Å². The number of phenols is 2. The molecule has 0 spiro atoms. The fraction of sp³-hybridized carbons (Fsp3) is 0.387. The van der Waals surface area contributed by atoms with E-state index in [1.807, 2.05) is 13.8 Å². The fourth-order valence-corrected chi connectivity index (χ4v) is 4.90. The first-order valence-electron chi connectivity index (χ1n) is 13.0. The number of aliphatic hydroxyl groups excluding tert-OH is 2. The summed E-state index contributed by atoms with van der Waals surface area (Å²) < 4.78 is 11.3.